The highest BCUT2D eigenvalue weighted by molar-refractivity contribution is 7.16. The third kappa shape index (κ3) is 3.59. The summed E-state index contributed by atoms with van der Waals surface area (Å²) in [5.41, 5.74) is 0. The van der Waals surface area contributed by atoms with Gasteiger partial charge in [-0.25, -0.2) is 0 Å². The summed E-state index contributed by atoms with van der Waals surface area (Å²) >= 11 is 7.48. The van der Waals surface area contributed by atoms with Crippen molar-refractivity contribution in [1.82, 2.24) is 0 Å². The summed E-state index contributed by atoms with van der Waals surface area (Å²) in [6.45, 7) is 12.0. The molecule has 0 aliphatic rings. The number of thiophene rings is 1. The van der Waals surface area contributed by atoms with Gasteiger partial charge >= 0.3 is 0 Å². The lowest BCUT2D eigenvalue weighted by Crippen LogP contribution is -2.40. The minimum Gasteiger partial charge on any atom is -0.412 e. The topological polar surface area (TPSA) is 9.23 Å². The molecule has 0 saturated heterocycles. The Morgan fingerprint density at radius 2 is 1.93 bits per heavy atom. The second-order valence-corrected chi connectivity index (χ2v) is 11.9. The lowest BCUT2D eigenvalue weighted by atomic mass is 10.2. The van der Waals surface area contributed by atoms with E-state index in [1.54, 1.807) is 11.3 Å². The molecule has 0 aliphatic heterocycles. The maximum Gasteiger partial charge on any atom is 0.192 e. The molecule has 0 aliphatic carbocycles. The van der Waals surface area contributed by atoms with Crippen LogP contribution < -0.4 is 0 Å². The zero-order valence-corrected chi connectivity index (χ0v) is 12.6. The monoisotopic (exact) mass is 262 g/mol. The fraction of sp³-hybridized carbons (Fsp3) is 0.636. The zero-order chi connectivity index (χ0) is 11.7. The molecule has 0 radical (unpaired) electrons. The molecule has 0 aromatic carbocycles. The zero-order valence-electron chi connectivity index (χ0n) is 10.1. The molecule has 1 aromatic rings. The third-order valence-electron chi connectivity index (χ3n) is 3.01. The third-order valence-corrected chi connectivity index (χ3v) is 8.69. The van der Waals surface area contributed by atoms with E-state index >= 15 is 0 Å². The summed E-state index contributed by atoms with van der Waals surface area (Å²) in [5, 5.41) is 0.272. The van der Waals surface area contributed by atoms with Crippen LogP contribution in [0, 0.1) is 0 Å². The highest BCUT2D eigenvalue weighted by Crippen LogP contribution is 2.37. The van der Waals surface area contributed by atoms with E-state index in [9.17, 15) is 0 Å². The second-order valence-electron chi connectivity index (χ2n) is 5.25. The minimum atomic E-state index is -1.61. The molecule has 86 valence electrons. The van der Waals surface area contributed by atoms with E-state index in [1.165, 1.54) is 4.88 Å². The average Bonchev–Trinajstić information content (AvgIpc) is 2.46. The predicted octanol–water partition coefficient (Wildman–Crippen LogP) is 4.92. The van der Waals surface area contributed by atoms with Crippen molar-refractivity contribution in [2.45, 2.75) is 45.5 Å². The lowest BCUT2D eigenvalue weighted by Gasteiger charge is -2.36. The van der Waals surface area contributed by atoms with Crippen molar-refractivity contribution in [1.29, 1.82) is 0 Å². The van der Waals surface area contributed by atoms with Gasteiger partial charge in [0.1, 0.15) is 0 Å². The first-order chi connectivity index (χ1) is 6.72. The molecule has 0 amide bonds. The van der Waals surface area contributed by atoms with Gasteiger partial charge in [-0.05, 0) is 30.3 Å². The van der Waals surface area contributed by atoms with Gasteiger partial charge in [0, 0.05) is 4.88 Å². The van der Waals surface area contributed by atoms with Gasteiger partial charge in [-0.3, -0.25) is 0 Å². The molecule has 1 aromatic heterocycles. The van der Waals surface area contributed by atoms with E-state index < -0.39 is 8.32 Å². The summed E-state index contributed by atoms with van der Waals surface area (Å²) < 4.78 is 6.92. The Morgan fingerprint density at radius 3 is 2.33 bits per heavy atom. The molecule has 4 heteroatoms. The van der Waals surface area contributed by atoms with E-state index in [4.69, 9.17) is 16.0 Å². The van der Waals surface area contributed by atoms with Crippen molar-refractivity contribution in [2.75, 3.05) is 0 Å². The van der Waals surface area contributed by atoms with E-state index in [2.05, 4.69) is 33.9 Å². The van der Waals surface area contributed by atoms with Crippen LogP contribution in [0.25, 0.3) is 0 Å². The van der Waals surface area contributed by atoms with Gasteiger partial charge in [0.25, 0.3) is 0 Å². The molecule has 0 bridgehead atoms. The Hall–Kier alpha value is 0.167. The molecular formula is C11H19ClOSSi. The number of halogens is 1. The van der Waals surface area contributed by atoms with Gasteiger partial charge in [0.05, 0.1) is 10.9 Å². The molecule has 1 nitrogen and oxygen atoms in total. The Bertz CT molecular complexity index is 328. The van der Waals surface area contributed by atoms with Gasteiger partial charge in [-0.1, -0.05) is 32.4 Å². The molecule has 0 spiro atoms. The average molecular weight is 263 g/mol. The highest BCUT2D eigenvalue weighted by Gasteiger charge is 2.37. The molecule has 0 unspecified atom stereocenters. The standard InChI is InChI=1S/C11H19ClOSSi/c1-11(2,3)15(4,5)13-8-9-6-7-10(12)14-9/h6-7H,8H2,1-5H3. The van der Waals surface area contributed by atoms with Crippen LogP contribution >= 0.6 is 22.9 Å². The van der Waals surface area contributed by atoms with Crippen molar-refractivity contribution in [2.24, 2.45) is 0 Å². The maximum atomic E-state index is 6.08. The second kappa shape index (κ2) is 4.58. The summed E-state index contributed by atoms with van der Waals surface area (Å²) in [6.07, 6.45) is 0. The van der Waals surface area contributed by atoms with Crippen LogP contribution in [0.5, 0.6) is 0 Å². The van der Waals surface area contributed by atoms with E-state index in [-0.39, 0.29) is 5.04 Å². The normalized spacial score (nSPS) is 13.2. The van der Waals surface area contributed by atoms with E-state index in [0.717, 1.165) is 4.34 Å². The lowest BCUT2D eigenvalue weighted by molar-refractivity contribution is 0.279. The Labute approximate surface area is 103 Å². The molecule has 0 saturated carbocycles. The van der Waals surface area contributed by atoms with Crippen LogP contribution in [0.15, 0.2) is 12.1 Å². The summed E-state index contributed by atoms with van der Waals surface area (Å²) in [6, 6.07) is 3.97. The maximum absolute atomic E-state index is 6.08. The Balaban J connectivity index is 2.57. The molecule has 0 atom stereocenters. The smallest absolute Gasteiger partial charge is 0.192 e. The first-order valence-corrected chi connectivity index (χ1v) is 9.21. The quantitative estimate of drug-likeness (QED) is 0.703. The molecule has 15 heavy (non-hydrogen) atoms. The van der Waals surface area contributed by atoms with Crippen molar-refractivity contribution >= 4 is 31.3 Å². The van der Waals surface area contributed by atoms with Crippen LogP contribution in [0.4, 0.5) is 0 Å². The molecule has 0 N–H and O–H groups in total. The SMILES string of the molecule is CC(C)(C)[Si](C)(C)OCc1ccc(Cl)s1. The van der Waals surface area contributed by atoms with Gasteiger partial charge in [-0.2, -0.15) is 0 Å². The van der Waals surface area contributed by atoms with E-state index in [0.29, 0.717) is 6.61 Å². The fourth-order valence-electron chi connectivity index (χ4n) is 0.897. The largest absolute Gasteiger partial charge is 0.412 e. The van der Waals surface area contributed by atoms with Crippen molar-refractivity contribution < 1.29 is 4.43 Å². The van der Waals surface area contributed by atoms with Crippen LogP contribution in [0.1, 0.15) is 25.6 Å². The molecule has 1 heterocycles. The minimum absolute atomic E-state index is 0.272. The molecule has 0 fully saturated rings. The number of rotatable bonds is 3. The molecule has 1 rings (SSSR count). The van der Waals surface area contributed by atoms with Gasteiger partial charge in [-0.15, -0.1) is 11.3 Å². The van der Waals surface area contributed by atoms with Gasteiger partial charge in [0.15, 0.2) is 8.32 Å². The predicted molar refractivity (Wildman–Crippen MR) is 71.3 cm³/mol. The van der Waals surface area contributed by atoms with E-state index in [1.807, 2.05) is 12.1 Å². The summed E-state index contributed by atoms with van der Waals surface area (Å²) in [7, 11) is -1.61. The van der Waals surface area contributed by atoms with Crippen LogP contribution in [-0.4, -0.2) is 8.32 Å². The Kier molecular flexibility index (Phi) is 4.04. The highest BCUT2D eigenvalue weighted by atomic mass is 35.5. The van der Waals surface area contributed by atoms with Crippen molar-refractivity contribution in [3.63, 3.8) is 0 Å². The van der Waals surface area contributed by atoms with Crippen LogP contribution in [-0.2, 0) is 11.0 Å². The molecular weight excluding hydrogens is 244 g/mol. The fourth-order valence-corrected chi connectivity index (χ4v) is 2.95. The van der Waals surface area contributed by atoms with Crippen LogP contribution in [0.3, 0.4) is 0 Å². The first kappa shape index (κ1) is 13.2. The first-order valence-electron chi connectivity index (χ1n) is 5.10. The summed E-state index contributed by atoms with van der Waals surface area (Å²) in [4.78, 5) is 1.21. The van der Waals surface area contributed by atoms with Crippen LogP contribution in [0.2, 0.25) is 22.5 Å². The number of hydrogen-bond acceptors (Lipinski definition) is 2. The number of hydrogen-bond donors (Lipinski definition) is 0. The van der Waals surface area contributed by atoms with Crippen molar-refractivity contribution in [3.05, 3.63) is 21.3 Å². The van der Waals surface area contributed by atoms with Crippen molar-refractivity contribution in [3.8, 4) is 0 Å². The van der Waals surface area contributed by atoms with Gasteiger partial charge < -0.3 is 4.43 Å². The summed E-state index contributed by atoms with van der Waals surface area (Å²) in [5.74, 6) is 0. The van der Waals surface area contributed by atoms with Gasteiger partial charge in [0.2, 0.25) is 0 Å². The Morgan fingerprint density at radius 1 is 1.33 bits per heavy atom.